The Hall–Kier alpha value is -0.690. The zero-order chi connectivity index (χ0) is 16.4. The molecule has 0 bridgehead atoms. The lowest BCUT2D eigenvalue weighted by atomic mass is 9.98. The molecule has 2 fully saturated rings. The van der Waals surface area contributed by atoms with E-state index in [4.69, 9.17) is 19.3 Å². The van der Waals surface area contributed by atoms with Gasteiger partial charge in [-0.05, 0) is 0 Å². The fraction of sp³-hybridized carbons (Fsp3) is 0.917. The van der Waals surface area contributed by atoms with Crippen molar-refractivity contribution in [3.8, 4) is 0 Å². The minimum absolute atomic E-state index is 0.388. The fourth-order valence-electron chi connectivity index (χ4n) is 2.41. The molecule has 0 radical (unpaired) electrons. The van der Waals surface area contributed by atoms with Gasteiger partial charge in [-0.15, -0.1) is 0 Å². The maximum atomic E-state index is 11.5. The highest BCUT2D eigenvalue weighted by Crippen LogP contribution is 2.26. The van der Waals surface area contributed by atoms with Crippen LogP contribution in [0.15, 0.2) is 0 Å². The molecule has 10 nitrogen and oxygen atoms in total. The lowest BCUT2D eigenvalue weighted by Gasteiger charge is -2.43. The predicted molar refractivity (Wildman–Crippen MR) is 66.5 cm³/mol. The highest BCUT2D eigenvalue weighted by atomic mass is 16.7. The van der Waals surface area contributed by atoms with E-state index in [1.54, 1.807) is 0 Å². The molecule has 0 amide bonds. The first-order valence-electron chi connectivity index (χ1n) is 6.80. The molecule has 8 atom stereocenters. The van der Waals surface area contributed by atoms with E-state index < -0.39 is 68.0 Å². The number of carbonyl (C=O) groups is 1. The summed E-state index contributed by atoms with van der Waals surface area (Å²) in [6.45, 7) is -1.58. The summed E-state index contributed by atoms with van der Waals surface area (Å²) >= 11 is 0. The normalized spacial score (nSPS) is 46.7. The molecule has 0 aliphatic carbocycles. The average Bonchev–Trinajstić information content (AvgIpc) is 2.52. The van der Waals surface area contributed by atoms with E-state index in [1.807, 2.05) is 0 Å². The molecule has 2 aliphatic rings. The lowest BCUT2D eigenvalue weighted by Crippen LogP contribution is -2.62. The molecular formula is C12H20O10. The van der Waals surface area contributed by atoms with Crippen LogP contribution < -0.4 is 0 Å². The average molecular weight is 324 g/mol. The van der Waals surface area contributed by atoms with Gasteiger partial charge in [0.05, 0.1) is 13.2 Å². The quantitative estimate of drug-likeness (QED) is 0.296. The lowest BCUT2D eigenvalue weighted by molar-refractivity contribution is -0.327. The van der Waals surface area contributed by atoms with E-state index in [9.17, 15) is 30.3 Å². The van der Waals surface area contributed by atoms with E-state index in [1.165, 1.54) is 0 Å². The molecule has 0 aromatic carbocycles. The van der Waals surface area contributed by atoms with Crippen LogP contribution in [-0.2, 0) is 19.0 Å². The number of hydrogen-bond donors (Lipinski definition) is 6. The van der Waals surface area contributed by atoms with Crippen LogP contribution in [-0.4, -0.2) is 105 Å². The third-order valence-corrected chi connectivity index (χ3v) is 3.77. The Morgan fingerprint density at radius 1 is 1.00 bits per heavy atom. The summed E-state index contributed by atoms with van der Waals surface area (Å²) in [6, 6.07) is 0. The van der Waals surface area contributed by atoms with Gasteiger partial charge in [0, 0.05) is 0 Å². The molecule has 2 heterocycles. The van der Waals surface area contributed by atoms with Crippen molar-refractivity contribution in [1.29, 1.82) is 0 Å². The monoisotopic (exact) mass is 324 g/mol. The van der Waals surface area contributed by atoms with E-state index in [-0.39, 0.29) is 6.61 Å². The zero-order valence-corrected chi connectivity index (χ0v) is 11.6. The van der Waals surface area contributed by atoms with Crippen molar-refractivity contribution in [2.75, 3.05) is 19.8 Å². The highest BCUT2D eigenvalue weighted by molar-refractivity contribution is 5.85. The van der Waals surface area contributed by atoms with Crippen molar-refractivity contribution in [3.63, 3.8) is 0 Å². The van der Waals surface area contributed by atoms with Crippen LogP contribution in [0.25, 0.3) is 0 Å². The maximum absolute atomic E-state index is 11.5. The van der Waals surface area contributed by atoms with Gasteiger partial charge in [-0.3, -0.25) is 4.79 Å². The van der Waals surface area contributed by atoms with Gasteiger partial charge in [0.15, 0.2) is 12.1 Å². The number of carbonyl (C=O) groups excluding carboxylic acids is 1. The Kier molecular flexibility index (Phi) is 5.82. The summed E-state index contributed by atoms with van der Waals surface area (Å²) in [5.41, 5.74) is 0. The Morgan fingerprint density at radius 2 is 1.64 bits per heavy atom. The molecule has 10 heteroatoms. The summed E-state index contributed by atoms with van der Waals surface area (Å²) in [5.74, 6) is -0.667. The van der Waals surface area contributed by atoms with Gasteiger partial charge in [0.1, 0.15) is 49.3 Å². The van der Waals surface area contributed by atoms with E-state index in [0.717, 1.165) is 0 Å². The van der Waals surface area contributed by atoms with E-state index >= 15 is 0 Å². The van der Waals surface area contributed by atoms with Crippen LogP contribution >= 0.6 is 0 Å². The molecule has 2 saturated heterocycles. The third kappa shape index (κ3) is 3.30. The van der Waals surface area contributed by atoms with Crippen LogP contribution in [0.1, 0.15) is 0 Å². The minimum atomic E-state index is -1.68. The molecular weight excluding hydrogens is 304 g/mol. The van der Waals surface area contributed by atoms with Crippen molar-refractivity contribution in [2.45, 2.75) is 49.0 Å². The number of ether oxygens (including phenoxy) is 3. The molecule has 0 aromatic heterocycles. The Bertz CT molecular complexity index is 388. The number of aliphatic hydroxyl groups is 6. The summed E-state index contributed by atoms with van der Waals surface area (Å²) in [4.78, 5) is 11.5. The zero-order valence-electron chi connectivity index (χ0n) is 11.6. The first-order valence-corrected chi connectivity index (χ1v) is 6.80. The molecule has 2 rings (SSSR count). The van der Waals surface area contributed by atoms with Crippen LogP contribution in [0.4, 0.5) is 0 Å². The molecule has 128 valence electrons. The van der Waals surface area contributed by atoms with Gasteiger partial charge < -0.3 is 44.8 Å². The summed E-state index contributed by atoms with van der Waals surface area (Å²) < 4.78 is 15.4. The largest absolute Gasteiger partial charge is 0.394 e. The number of Topliss-reactive ketones (excluding diaryl/α,β-unsaturated/α-hetero) is 1. The third-order valence-electron chi connectivity index (χ3n) is 3.77. The summed E-state index contributed by atoms with van der Waals surface area (Å²) in [5, 5.41) is 57.3. The molecule has 0 saturated carbocycles. The van der Waals surface area contributed by atoms with E-state index in [2.05, 4.69) is 0 Å². The molecule has 22 heavy (non-hydrogen) atoms. The number of ketones is 1. The van der Waals surface area contributed by atoms with Crippen molar-refractivity contribution in [3.05, 3.63) is 0 Å². The predicted octanol–water partition coefficient (Wildman–Crippen LogP) is -4.51. The van der Waals surface area contributed by atoms with Crippen molar-refractivity contribution in [1.82, 2.24) is 0 Å². The molecule has 6 N–H and O–H groups in total. The summed E-state index contributed by atoms with van der Waals surface area (Å²) in [6.07, 6.45) is -11.6. The van der Waals surface area contributed by atoms with Crippen LogP contribution in [0.2, 0.25) is 0 Å². The first kappa shape index (κ1) is 17.7. The van der Waals surface area contributed by atoms with Gasteiger partial charge in [-0.1, -0.05) is 0 Å². The number of aliphatic hydroxyl groups excluding tert-OH is 6. The van der Waals surface area contributed by atoms with E-state index in [0.29, 0.717) is 0 Å². The summed E-state index contributed by atoms with van der Waals surface area (Å²) in [7, 11) is 0. The second-order valence-corrected chi connectivity index (χ2v) is 5.24. The highest BCUT2D eigenvalue weighted by Gasteiger charge is 2.48. The molecule has 2 aliphatic heterocycles. The molecule has 0 spiro atoms. The van der Waals surface area contributed by atoms with Crippen molar-refractivity contribution < 1.29 is 49.6 Å². The molecule has 0 unspecified atom stereocenters. The van der Waals surface area contributed by atoms with Gasteiger partial charge in [0.2, 0.25) is 0 Å². The van der Waals surface area contributed by atoms with Crippen molar-refractivity contribution in [2.24, 2.45) is 0 Å². The van der Waals surface area contributed by atoms with Gasteiger partial charge in [-0.2, -0.15) is 0 Å². The molecule has 0 aromatic rings. The number of rotatable bonds is 4. The fourth-order valence-corrected chi connectivity index (χ4v) is 2.41. The van der Waals surface area contributed by atoms with Gasteiger partial charge in [-0.25, -0.2) is 0 Å². The maximum Gasteiger partial charge on any atom is 0.189 e. The first-order chi connectivity index (χ1) is 10.4. The van der Waals surface area contributed by atoms with Gasteiger partial charge >= 0.3 is 0 Å². The Morgan fingerprint density at radius 3 is 2.23 bits per heavy atom. The second kappa shape index (κ2) is 7.25. The SMILES string of the molecule is O=C1CO[C@H](CO)[C@@H](O[C@@H]2O[C@H](CO)[C@@H](O)[C@H](O)[C@H]2O)[C@@H]1O. The van der Waals surface area contributed by atoms with Crippen molar-refractivity contribution >= 4 is 5.78 Å². The van der Waals surface area contributed by atoms with Crippen LogP contribution in [0.5, 0.6) is 0 Å². The minimum Gasteiger partial charge on any atom is -0.394 e. The Balaban J connectivity index is 2.11. The standard InChI is InChI=1S/C12H20O10/c13-1-5-8(17)9(18)10(19)12(21-5)22-11-6(2-14)20-3-4(15)7(11)16/h5-14,16-19H,1-3H2/t5-,6-,7-,8-,9+,10-,11-,12+/m1/s1. The smallest absolute Gasteiger partial charge is 0.189 e. The second-order valence-electron chi connectivity index (χ2n) is 5.24. The van der Waals surface area contributed by atoms with Gasteiger partial charge in [0.25, 0.3) is 0 Å². The Labute approximate surface area is 125 Å². The van der Waals surface area contributed by atoms with Crippen LogP contribution in [0, 0.1) is 0 Å². The van der Waals surface area contributed by atoms with Crippen LogP contribution in [0.3, 0.4) is 0 Å². The topological polar surface area (TPSA) is 166 Å². The number of hydrogen-bond acceptors (Lipinski definition) is 10.